The van der Waals surface area contributed by atoms with E-state index in [1.54, 1.807) is 0 Å². The van der Waals surface area contributed by atoms with E-state index in [1.165, 1.54) is 123 Å². The van der Waals surface area contributed by atoms with Crippen molar-refractivity contribution in [1.29, 1.82) is 0 Å². The van der Waals surface area contributed by atoms with Gasteiger partial charge < -0.3 is 0 Å². The van der Waals surface area contributed by atoms with Gasteiger partial charge in [-0.3, -0.25) is 8.88 Å². The molecule has 1 saturated heterocycles. The third-order valence-electron chi connectivity index (χ3n) is 10.7. The molecule has 0 unspecified atom stereocenters. The Morgan fingerprint density at radius 2 is 0.500 bits per heavy atom. The molecule has 2 nitrogen and oxygen atoms in total. The number of para-hydroxylation sites is 2. The van der Waals surface area contributed by atoms with Crippen LogP contribution < -0.4 is 8.88 Å². The second-order valence-electron chi connectivity index (χ2n) is 15.4. The van der Waals surface area contributed by atoms with Gasteiger partial charge in [-0.05, 0) is 150 Å². The Morgan fingerprint density at radius 1 is 0.308 bits per heavy atom. The summed E-state index contributed by atoms with van der Waals surface area (Å²) in [7, 11) is 0.934. The molecule has 1 heterocycles. The summed E-state index contributed by atoms with van der Waals surface area (Å²) >= 11 is 0. The van der Waals surface area contributed by atoms with E-state index in [2.05, 4.69) is 177 Å². The Morgan fingerprint density at radius 3 is 0.692 bits per heavy atom. The summed E-state index contributed by atoms with van der Waals surface area (Å²) in [5, 5.41) is 0. The van der Waals surface area contributed by atoms with Crippen molar-refractivity contribution in [2.24, 2.45) is 0 Å². The Hall–Kier alpha value is -4.22. The monoisotopic (exact) mass is 718 g/mol. The fraction of sp³-hybridized carbons (Fsp3) is 0.250. The van der Waals surface area contributed by atoms with Crippen LogP contribution in [0.1, 0.15) is 66.8 Å². The fourth-order valence-electron chi connectivity index (χ4n) is 9.20. The highest BCUT2D eigenvalue weighted by atomic mass is 31.2. The molecule has 0 aliphatic carbocycles. The molecule has 0 amide bonds. The van der Waals surface area contributed by atoms with Crippen LogP contribution in [0.4, 0.5) is 11.4 Å². The zero-order chi connectivity index (χ0) is 37.2. The number of aryl methyl sites for hydroxylation is 12. The number of rotatable bonds is 6. The standard InChI is InChI=1S/C48H52N2P2/c1-27-19-31(5)43(32(6)20-27)39-15-13-16-40(44-33(7)21-28(2)22-34(44)8)47(39)49-51-50(52-49)48-41(45-35(9)23-29(3)24-36(45)10)17-14-18-42(48)46-37(11)25-30(4)26-38(46)12/h13-26,51-52H,1-12H3. The molecule has 0 bridgehead atoms. The van der Waals surface area contributed by atoms with Crippen molar-refractivity contribution in [3.8, 4) is 44.5 Å². The topological polar surface area (TPSA) is 6.48 Å². The highest BCUT2D eigenvalue weighted by Crippen LogP contribution is 2.65. The van der Waals surface area contributed by atoms with E-state index >= 15 is 0 Å². The zero-order valence-electron chi connectivity index (χ0n) is 33.0. The van der Waals surface area contributed by atoms with E-state index in [4.69, 9.17) is 0 Å². The molecule has 1 fully saturated rings. The van der Waals surface area contributed by atoms with E-state index in [1.807, 2.05) is 0 Å². The first-order valence-electron chi connectivity index (χ1n) is 18.4. The number of hydrogen-bond donors (Lipinski definition) is 0. The quantitative estimate of drug-likeness (QED) is 0.158. The molecule has 264 valence electrons. The molecule has 1 aliphatic rings. The van der Waals surface area contributed by atoms with Crippen LogP contribution in [0, 0.1) is 83.1 Å². The van der Waals surface area contributed by atoms with Crippen molar-refractivity contribution >= 4 is 29.1 Å². The summed E-state index contributed by atoms with van der Waals surface area (Å²) in [5.74, 6) is 0. The van der Waals surface area contributed by atoms with Gasteiger partial charge in [0.05, 0.1) is 29.1 Å². The lowest BCUT2D eigenvalue weighted by Crippen LogP contribution is -2.26. The van der Waals surface area contributed by atoms with Crippen LogP contribution in [0.2, 0.25) is 0 Å². The van der Waals surface area contributed by atoms with Crippen molar-refractivity contribution in [2.45, 2.75) is 83.1 Å². The molecule has 0 aromatic heterocycles. The largest absolute Gasteiger partial charge is 0.297 e. The summed E-state index contributed by atoms with van der Waals surface area (Å²) < 4.78 is 5.35. The number of benzene rings is 6. The third-order valence-corrected chi connectivity index (χ3v) is 13.6. The molecule has 0 N–H and O–H groups in total. The molecule has 0 radical (unpaired) electrons. The minimum Gasteiger partial charge on any atom is -0.297 e. The summed E-state index contributed by atoms with van der Waals surface area (Å²) in [6.07, 6.45) is 0. The van der Waals surface area contributed by atoms with Gasteiger partial charge in [0.1, 0.15) is 0 Å². The molecular formula is C48H52N2P2. The molecule has 0 saturated carbocycles. The average molecular weight is 719 g/mol. The summed E-state index contributed by atoms with van der Waals surface area (Å²) in [4.78, 5) is 0. The molecule has 0 spiro atoms. The lowest BCUT2D eigenvalue weighted by Gasteiger charge is -2.47. The molecule has 6 aromatic carbocycles. The third kappa shape index (κ3) is 6.40. The van der Waals surface area contributed by atoms with Gasteiger partial charge in [0.15, 0.2) is 0 Å². The predicted octanol–water partition coefficient (Wildman–Crippen LogP) is 14.4. The Bertz CT molecular complexity index is 1990. The van der Waals surface area contributed by atoms with Gasteiger partial charge in [-0.1, -0.05) is 107 Å². The van der Waals surface area contributed by atoms with E-state index in [0.29, 0.717) is 17.8 Å². The maximum atomic E-state index is 2.67. The highest BCUT2D eigenvalue weighted by Gasteiger charge is 2.35. The van der Waals surface area contributed by atoms with Crippen molar-refractivity contribution in [2.75, 3.05) is 8.88 Å². The van der Waals surface area contributed by atoms with Crippen molar-refractivity contribution < 1.29 is 0 Å². The maximum Gasteiger partial charge on any atom is 0.0892 e. The number of nitrogens with zero attached hydrogens (tertiary/aromatic N) is 2. The SMILES string of the molecule is Cc1cc(C)c(-c2cccc(-c3c(C)cc(C)cc3C)c2N2PN(c3c(-c4c(C)cc(C)cc4C)cccc3-c3c(C)cc(C)cc3C)P2)c(C)c1. The smallest absolute Gasteiger partial charge is 0.0892 e. The fourth-order valence-corrected chi connectivity index (χ4v) is 11.9. The van der Waals surface area contributed by atoms with Crippen LogP contribution in [-0.4, -0.2) is 0 Å². The minimum atomic E-state index is 0.467. The maximum absolute atomic E-state index is 2.67. The van der Waals surface area contributed by atoms with Gasteiger partial charge in [0.25, 0.3) is 0 Å². The Kier molecular flexibility index (Phi) is 9.71. The molecule has 6 aromatic rings. The van der Waals surface area contributed by atoms with E-state index in [-0.39, 0.29) is 0 Å². The van der Waals surface area contributed by atoms with Gasteiger partial charge in [-0.25, -0.2) is 0 Å². The number of hydrogen-bond acceptors (Lipinski definition) is 2. The lowest BCUT2D eigenvalue weighted by atomic mass is 9.87. The Balaban J connectivity index is 1.44. The van der Waals surface area contributed by atoms with Crippen molar-refractivity contribution in [3.63, 3.8) is 0 Å². The van der Waals surface area contributed by atoms with Crippen LogP contribution in [0.25, 0.3) is 44.5 Å². The second kappa shape index (κ2) is 14.0. The summed E-state index contributed by atoms with van der Waals surface area (Å²) in [6.45, 7) is 27.1. The molecule has 0 atom stereocenters. The predicted molar refractivity (Wildman–Crippen MR) is 233 cm³/mol. The lowest BCUT2D eigenvalue weighted by molar-refractivity contribution is 1.30. The first kappa shape index (κ1) is 36.2. The summed E-state index contributed by atoms with van der Waals surface area (Å²) in [5.41, 5.74) is 29.4. The molecule has 4 heteroatoms. The van der Waals surface area contributed by atoms with Gasteiger partial charge in [0, 0.05) is 22.3 Å². The number of anilines is 2. The van der Waals surface area contributed by atoms with E-state index in [9.17, 15) is 0 Å². The van der Waals surface area contributed by atoms with Gasteiger partial charge in [-0.2, -0.15) is 0 Å². The van der Waals surface area contributed by atoms with Crippen molar-refractivity contribution in [1.82, 2.24) is 0 Å². The molecule has 52 heavy (non-hydrogen) atoms. The average Bonchev–Trinajstić information content (AvgIpc) is 3.00. The van der Waals surface area contributed by atoms with Crippen LogP contribution in [0.15, 0.2) is 84.9 Å². The normalized spacial score (nSPS) is 13.7. The zero-order valence-corrected chi connectivity index (χ0v) is 35.0. The first-order chi connectivity index (χ1) is 24.7. The highest BCUT2D eigenvalue weighted by molar-refractivity contribution is 7.78. The Labute approximate surface area is 316 Å². The van der Waals surface area contributed by atoms with Crippen LogP contribution in [0.3, 0.4) is 0 Å². The van der Waals surface area contributed by atoms with Gasteiger partial charge in [0.2, 0.25) is 0 Å². The van der Waals surface area contributed by atoms with E-state index < -0.39 is 0 Å². The molecule has 1 aliphatic heterocycles. The second-order valence-corrected chi connectivity index (χ2v) is 18.5. The molecule has 7 rings (SSSR count). The van der Waals surface area contributed by atoms with Crippen LogP contribution in [-0.2, 0) is 0 Å². The van der Waals surface area contributed by atoms with Crippen LogP contribution in [0.5, 0.6) is 0 Å². The summed E-state index contributed by atoms with van der Waals surface area (Å²) in [6, 6.07) is 32.7. The minimum absolute atomic E-state index is 0.467. The van der Waals surface area contributed by atoms with Gasteiger partial charge >= 0.3 is 0 Å². The van der Waals surface area contributed by atoms with E-state index in [0.717, 1.165) is 0 Å². The van der Waals surface area contributed by atoms with Gasteiger partial charge in [-0.15, -0.1) is 0 Å². The first-order valence-corrected chi connectivity index (χ1v) is 20.2. The van der Waals surface area contributed by atoms with Crippen LogP contribution >= 0.6 is 17.8 Å². The van der Waals surface area contributed by atoms with Crippen molar-refractivity contribution in [3.05, 3.63) is 152 Å². The molecular weight excluding hydrogens is 666 g/mol.